The molecule has 1 fully saturated rings. The Morgan fingerprint density at radius 2 is 2.09 bits per heavy atom. The van der Waals surface area contributed by atoms with Crippen LogP contribution in [0.2, 0.25) is 0 Å². The van der Waals surface area contributed by atoms with Gasteiger partial charge in [0.2, 0.25) is 5.91 Å². The van der Waals surface area contributed by atoms with E-state index in [4.69, 9.17) is 14.7 Å². The van der Waals surface area contributed by atoms with Gasteiger partial charge in [-0.15, -0.1) is 0 Å². The summed E-state index contributed by atoms with van der Waals surface area (Å²) in [5.41, 5.74) is 2.07. The molecule has 2 unspecified atom stereocenters. The highest BCUT2D eigenvalue weighted by Gasteiger charge is 2.48. The first-order valence-corrected chi connectivity index (χ1v) is 11.1. The van der Waals surface area contributed by atoms with Gasteiger partial charge >= 0.3 is 0 Å². The van der Waals surface area contributed by atoms with Crippen LogP contribution in [0.4, 0.5) is 11.4 Å². The van der Waals surface area contributed by atoms with E-state index in [0.29, 0.717) is 18.8 Å². The number of hydrogen-bond acceptors (Lipinski definition) is 9. The number of aliphatic imine (C=N–C) groups is 1. The Kier molecular flexibility index (Phi) is 5.12. The van der Waals surface area contributed by atoms with Crippen LogP contribution in [0.25, 0.3) is 0 Å². The highest BCUT2D eigenvalue weighted by Crippen LogP contribution is 2.43. The van der Waals surface area contributed by atoms with Crippen LogP contribution in [0, 0.1) is 5.41 Å². The summed E-state index contributed by atoms with van der Waals surface area (Å²) in [7, 11) is 0. The smallest absolute Gasteiger partial charge is 0.240 e. The molecule has 0 aliphatic carbocycles. The molecule has 1 aromatic rings. The second kappa shape index (κ2) is 7.87. The van der Waals surface area contributed by atoms with E-state index in [0.717, 1.165) is 42.2 Å². The van der Waals surface area contributed by atoms with Gasteiger partial charge in [-0.1, -0.05) is 5.16 Å². The van der Waals surface area contributed by atoms with Gasteiger partial charge in [-0.2, -0.15) is 5.10 Å². The fraction of sp³-hybridized carbons (Fsp3) is 0.478. The van der Waals surface area contributed by atoms with Crippen LogP contribution in [0.5, 0.6) is 5.75 Å². The van der Waals surface area contributed by atoms with Gasteiger partial charge in [0, 0.05) is 55.3 Å². The van der Waals surface area contributed by atoms with E-state index < -0.39 is 11.6 Å². The van der Waals surface area contributed by atoms with Crippen molar-refractivity contribution in [3.63, 3.8) is 0 Å². The number of morpholine rings is 1. The first-order chi connectivity index (χ1) is 15.8. The molecule has 0 aromatic heterocycles. The molecule has 174 valence electrons. The number of nitrogens with zero attached hydrogens (tertiary/aromatic N) is 5. The van der Waals surface area contributed by atoms with Crippen LogP contribution >= 0.6 is 0 Å². The Labute approximate surface area is 192 Å². The van der Waals surface area contributed by atoms with Crippen molar-refractivity contribution in [3.05, 3.63) is 29.5 Å². The van der Waals surface area contributed by atoms with Gasteiger partial charge in [-0.05, 0) is 26.8 Å². The number of nitrogens with one attached hydrogen (secondary N) is 1. The molecule has 0 bridgehead atoms. The highest BCUT2D eigenvalue weighted by molar-refractivity contribution is 6.10. The summed E-state index contributed by atoms with van der Waals surface area (Å²) in [4.78, 5) is 20.3. The van der Waals surface area contributed by atoms with Crippen molar-refractivity contribution < 1.29 is 19.5 Å². The molecule has 4 aliphatic rings. The van der Waals surface area contributed by atoms with Gasteiger partial charge in [0.25, 0.3) is 0 Å². The SMILES string of the molecule is CC1(C)Cc2cc(NC(=O)C3(C)C=NN4C=C(/C=N/O)C=NC43)c(N3CCOCC3)cc2O1. The van der Waals surface area contributed by atoms with E-state index in [9.17, 15) is 4.79 Å². The van der Waals surface area contributed by atoms with E-state index in [2.05, 4.69) is 39.3 Å². The number of allylic oxidation sites excluding steroid dienone is 1. The number of benzene rings is 1. The number of ether oxygens (including phenoxy) is 2. The predicted molar refractivity (Wildman–Crippen MR) is 126 cm³/mol. The highest BCUT2D eigenvalue weighted by atomic mass is 16.5. The third-order valence-corrected chi connectivity index (χ3v) is 6.37. The third-order valence-electron chi connectivity index (χ3n) is 6.37. The molecular formula is C23H28N6O4. The van der Waals surface area contributed by atoms with Gasteiger partial charge in [0.05, 0.1) is 30.8 Å². The minimum absolute atomic E-state index is 0.198. The lowest BCUT2D eigenvalue weighted by Crippen LogP contribution is -2.46. The van der Waals surface area contributed by atoms with E-state index in [1.165, 1.54) is 6.21 Å². The Morgan fingerprint density at radius 3 is 2.85 bits per heavy atom. The predicted octanol–water partition coefficient (Wildman–Crippen LogP) is 2.24. The van der Waals surface area contributed by atoms with Crippen LogP contribution in [-0.2, 0) is 16.0 Å². The number of fused-ring (bicyclic) bond motifs is 2. The largest absolute Gasteiger partial charge is 0.487 e. The standard InChI is InChI=1S/C23H28N6O4/c1-22(2)10-16-8-17(18(9-19(16)33-22)28-4-6-32-7-5-28)27-21(30)23(3)14-25-29-13-15(12-26-31)11-24-20(23)29/h8-9,11-14,20,31H,4-7,10H2,1-3H3,(H,27,30)/b26-12+. The van der Waals surface area contributed by atoms with E-state index >= 15 is 0 Å². The fourth-order valence-corrected chi connectivity index (χ4v) is 4.63. The van der Waals surface area contributed by atoms with E-state index in [1.54, 1.807) is 23.6 Å². The number of amides is 1. The number of hydrazone groups is 1. The number of anilines is 2. The maximum Gasteiger partial charge on any atom is 0.240 e. The number of carbonyl (C=O) groups is 1. The quantitative estimate of drug-likeness (QED) is 0.412. The second-order valence-electron chi connectivity index (χ2n) is 9.50. The van der Waals surface area contributed by atoms with Crippen molar-refractivity contribution in [2.75, 3.05) is 36.5 Å². The molecule has 2 N–H and O–H groups in total. The van der Waals surface area contributed by atoms with Crippen molar-refractivity contribution in [1.29, 1.82) is 0 Å². The van der Waals surface area contributed by atoms with Crippen LogP contribution in [-0.4, -0.2) is 72.8 Å². The molecule has 4 aliphatic heterocycles. The average molecular weight is 453 g/mol. The molecule has 0 saturated carbocycles. The Hall–Kier alpha value is -3.40. The lowest BCUT2D eigenvalue weighted by Gasteiger charge is -2.33. The zero-order chi connectivity index (χ0) is 23.2. The molecule has 10 nitrogen and oxygen atoms in total. The Balaban J connectivity index is 1.44. The van der Waals surface area contributed by atoms with Crippen molar-refractivity contribution in [2.45, 2.75) is 39.0 Å². The summed E-state index contributed by atoms with van der Waals surface area (Å²) in [5, 5.41) is 20.9. The molecule has 33 heavy (non-hydrogen) atoms. The zero-order valence-corrected chi connectivity index (χ0v) is 19.0. The van der Waals surface area contributed by atoms with Gasteiger partial charge in [-0.25, -0.2) is 5.01 Å². The summed E-state index contributed by atoms with van der Waals surface area (Å²) in [6.45, 7) is 8.70. The molecule has 5 rings (SSSR count). The zero-order valence-electron chi connectivity index (χ0n) is 19.0. The van der Waals surface area contributed by atoms with Gasteiger partial charge in [-0.3, -0.25) is 9.79 Å². The fourth-order valence-electron chi connectivity index (χ4n) is 4.63. The Bertz CT molecular complexity index is 1090. The number of carbonyl (C=O) groups excluding carboxylic acids is 1. The number of rotatable bonds is 4. The van der Waals surface area contributed by atoms with E-state index in [-0.39, 0.29) is 11.5 Å². The lowest BCUT2D eigenvalue weighted by molar-refractivity contribution is -0.123. The minimum atomic E-state index is -0.980. The number of hydrogen-bond donors (Lipinski definition) is 2. The van der Waals surface area contributed by atoms with Crippen molar-refractivity contribution in [2.24, 2.45) is 20.7 Å². The third kappa shape index (κ3) is 3.84. The average Bonchev–Trinajstić information content (AvgIpc) is 3.29. The van der Waals surface area contributed by atoms with E-state index in [1.807, 2.05) is 19.1 Å². The van der Waals surface area contributed by atoms with Crippen LogP contribution < -0.4 is 15.0 Å². The molecule has 0 spiro atoms. The molecule has 10 heteroatoms. The second-order valence-corrected chi connectivity index (χ2v) is 9.50. The molecular weight excluding hydrogens is 424 g/mol. The summed E-state index contributed by atoms with van der Waals surface area (Å²) < 4.78 is 11.7. The maximum atomic E-state index is 13.6. The van der Waals surface area contributed by atoms with Crippen molar-refractivity contribution in [3.8, 4) is 5.75 Å². The molecule has 4 heterocycles. The van der Waals surface area contributed by atoms with Crippen molar-refractivity contribution >= 4 is 35.9 Å². The normalized spacial score (nSPS) is 27.4. The molecule has 2 atom stereocenters. The van der Waals surface area contributed by atoms with Gasteiger partial charge in [0.1, 0.15) is 16.8 Å². The molecule has 1 aromatic carbocycles. The van der Waals surface area contributed by atoms with Gasteiger partial charge < -0.3 is 24.9 Å². The summed E-state index contributed by atoms with van der Waals surface area (Å²) in [6.07, 6.45) is 6.42. The van der Waals surface area contributed by atoms with Crippen LogP contribution in [0.1, 0.15) is 26.3 Å². The number of oxime groups is 1. The summed E-state index contributed by atoms with van der Waals surface area (Å²) in [5.74, 6) is 0.663. The molecule has 1 amide bonds. The minimum Gasteiger partial charge on any atom is -0.487 e. The topological polar surface area (TPSA) is 111 Å². The van der Waals surface area contributed by atoms with Gasteiger partial charge in [0.15, 0.2) is 6.17 Å². The Morgan fingerprint density at radius 1 is 1.30 bits per heavy atom. The first-order valence-electron chi connectivity index (χ1n) is 11.1. The maximum absolute atomic E-state index is 13.6. The molecule has 1 saturated heterocycles. The van der Waals surface area contributed by atoms with Crippen LogP contribution in [0.3, 0.4) is 0 Å². The van der Waals surface area contributed by atoms with Crippen molar-refractivity contribution in [1.82, 2.24) is 5.01 Å². The first kappa shape index (κ1) is 21.4. The summed E-state index contributed by atoms with van der Waals surface area (Å²) >= 11 is 0. The molecule has 0 radical (unpaired) electrons. The monoisotopic (exact) mass is 452 g/mol. The lowest BCUT2D eigenvalue weighted by atomic mass is 9.87. The van der Waals surface area contributed by atoms with Crippen LogP contribution in [0.15, 0.2) is 39.2 Å². The summed E-state index contributed by atoms with van der Waals surface area (Å²) in [6, 6.07) is 4.06.